The molecule has 3 aliphatic rings. The van der Waals surface area contributed by atoms with E-state index in [-0.39, 0.29) is 12.0 Å². The molecule has 2 heteroatoms. The Balaban J connectivity index is 1.79. The van der Waals surface area contributed by atoms with Crippen LogP contribution in [-0.4, -0.2) is 18.0 Å². The van der Waals surface area contributed by atoms with Crippen molar-refractivity contribution < 1.29 is 9.53 Å². The Labute approximate surface area is 122 Å². The molecule has 110 valence electrons. The molecule has 2 fully saturated rings. The highest BCUT2D eigenvalue weighted by atomic mass is 16.6. The summed E-state index contributed by atoms with van der Waals surface area (Å²) in [4.78, 5) is 12.8. The molecule has 4 atom stereocenters. The van der Waals surface area contributed by atoms with Gasteiger partial charge in [-0.2, -0.15) is 0 Å². The summed E-state index contributed by atoms with van der Waals surface area (Å²) in [7, 11) is 0. The summed E-state index contributed by atoms with van der Waals surface area (Å²) in [5.74, 6) is 0.825. The minimum absolute atomic E-state index is 0.0522. The fourth-order valence-electron chi connectivity index (χ4n) is 4.16. The molecule has 0 aromatic carbocycles. The van der Waals surface area contributed by atoms with Crippen LogP contribution in [0.5, 0.6) is 0 Å². The van der Waals surface area contributed by atoms with Crippen LogP contribution in [0.2, 0.25) is 0 Å². The summed E-state index contributed by atoms with van der Waals surface area (Å²) in [6.45, 7) is 8.31. The summed E-state index contributed by atoms with van der Waals surface area (Å²) in [6, 6.07) is 0. The third kappa shape index (κ3) is 2.28. The number of allylic oxidation sites excluding steroid dienone is 2. The molecule has 1 heterocycles. The van der Waals surface area contributed by atoms with Gasteiger partial charge >= 0.3 is 0 Å². The summed E-state index contributed by atoms with van der Waals surface area (Å²) >= 11 is 0. The van der Waals surface area contributed by atoms with Crippen LogP contribution >= 0.6 is 0 Å². The Hall–Kier alpha value is -0.890. The normalized spacial score (nSPS) is 35.0. The van der Waals surface area contributed by atoms with Gasteiger partial charge in [0.2, 0.25) is 0 Å². The first-order chi connectivity index (χ1) is 9.65. The molecule has 0 spiro atoms. The second-order valence-corrected chi connectivity index (χ2v) is 6.71. The number of unbranched alkanes of at least 4 members (excludes halogenated alkanes) is 3. The van der Waals surface area contributed by atoms with Gasteiger partial charge in [0, 0.05) is 5.92 Å². The maximum Gasteiger partial charge on any atom is 0.166 e. The van der Waals surface area contributed by atoms with Gasteiger partial charge in [-0.1, -0.05) is 38.3 Å². The number of ether oxygens (including phenoxy) is 1. The zero-order valence-corrected chi connectivity index (χ0v) is 12.8. The lowest BCUT2D eigenvalue weighted by Crippen LogP contribution is -2.23. The molecule has 1 aliphatic heterocycles. The fourth-order valence-corrected chi connectivity index (χ4v) is 4.16. The topological polar surface area (TPSA) is 29.6 Å². The SMILES string of the molecule is C=C(C)C1C(=O)C(CCCCCC)=C2C1CC[C@@H]1O[C@H]21. The molecule has 1 saturated carbocycles. The number of epoxide rings is 1. The van der Waals surface area contributed by atoms with E-state index in [2.05, 4.69) is 13.5 Å². The molecule has 0 N–H and O–H groups in total. The zero-order valence-electron chi connectivity index (χ0n) is 12.8. The third-order valence-corrected chi connectivity index (χ3v) is 5.19. The van der Waals surface area contributed by atoms with E-state index in [1.807, 2.05) is 6.92 Å². The Morgan fingerprint density at radius 2 is 2.10 bits per heavy atom. The van der Waals surface area contributed by atoms with Gasteiger partial charge in [0.25, 0.3) is 0 Å². The second-order valence-electron chi connectivity index (χ2n) is 6.71. The predicted molar refractivity (Wildman–Crippen MR) is 80.5 cm³/mol. The van der Waals surface area contributed by atoms with Gasteiger partial charge < -0.3 is 4.74 Å². The quantitative estimate of drug-likeness (QED) is 0.412. The number of Topliss-reactive ketones (excluding diaryl/α,β-unsaturated/α-hetero) is 1. The largest absolute Gasteiger partial charge is 0.365 e. The Morgan fingerprint density at radius 3 is 2.80 bits per heavy atom. The van der Waals surface area contributed by atoms with E-state index in [0.29, 0.717) is 17.8 Å². The monoisotopic (exact) mass is 274 g/mol. The van der Waals surface area contributed by atoms with E-state index in [1.165, 1.54) is 24.8 Å². The van der Waals surface area contributed by atoms with Crippen molar-refractivity contribution in [2.24, 2.45) is 11.8 Å². The van der Waals surface area contributed by atoms with Gasteiger partial charge in [0.15, 0.2) is 5.78 Å². The molecular weight excluding hydrogens is 248 g/mol. The molecule has 0 aromatic heterocycles. The van der Waals surface area contributed by atoms with Crippen LogP contribution in [0, 0.1) is 11.8 Å². The number of ketones is 1. The number of hydrogen-bond donors (Lipinski definition) is 0. The smallest absolute Gasteiger partial charge is 0.166 e. The van der Waals surface area contributed by atoms with Gasteiger partial charge in [-0.3, -0.25) is 4.79 Å². The summed E-state index contributed by atoms with van der Waals surface area (Å²) < 4.78 is 5.79. The predicted octanol–water partition coefficient (Wildman–Crippen LogP) is 4.21. The van der Waals surface area contributed by atoms with Crippen LogP contribution in [-0.2, 0) is 9.53 Å². The zero-order chi connectivity index (χ0) is 14.3. The van der Waals surface area contributed by atoms with Crippen molar-refractivity contribution in [2.45, 2.75) is 71.0 Å². The van der Waals surface area contributed by atoms with Crippen molar-refractivity contribution in [3.63, 3.8) is 0 Å². The first kappa shape index (κ1) is 14.1. The minimum Gasteiger partial charge on any atom is -0.365 e. The van der Waals surface area contributed by atoms with Crippen LogP contribution < -0.4 is 0 Å². The number of rotatable bonds is 6. The molecule has 1 saturated heterocycles. The molecule has 20 heavy (non-hydrogen) atoms. The van der Waals surface area contributed by atoms with Crippen molar-refractivity contribution in [2.75, 3.05) is 0 Å². The highest BCUT2D eigenvalue weighted by Crippen LogP contribution is 2.53. The molecule has 0 aromatic rings. The van der Waals surface area contributed by atoms with Crippen molar-refractivity contribution >= 4 is 5.78 Å². The lowest BCUT2D eigenvalue weighted by molar-refractivity contribution is -0.118. The highest BCUT2D eigenvalue weighted by molar-refractivity contribution is 6.03. The fraction of sp³-hybridized carbons (Fsp3) is 0.722. The van der Waals surface area contributed by atoms with E-state index in [1.54, 1.807) is 0 Å². The average molecular weight is 274 g/mol. The maximum atomic E-state index is 12.8. The summed E-state index contributed by atoms with van der Waals surface area (Å²) in [5, 5.41) is 0. The molecule has 2 nitrogen and oxygen atoms in total. The van der Waals surface area contributed by atoms with Gasteiger partial charge in [0.1, 0.15) is 6.10 Å². The molecule has 2 unspecified atom stereocenters. The Kier molecular flexibility index (Phi) is 3.85. The standard InChI is InChI=1S/C18H26O2/c1-4-5-6-7-8-13-16-12(9-10-14-18(16)20-14)15(11(2)3)17(13)19/h12,14-15,18H,2,4-10H2,1,3H3/t12?,14-,15?,18-/m0/s1. The molecule has 0 amide bonds. The minimum atomic E-state index is 0.0522. The van der Waals surface area contributed by atoms with Gasteiger partial charge in [-0.25, -0.2) is 0 Å². The number of carbonyl (C=O) groups is 1. The molecule has 2 aliphatic carbocycles. The number of carbonyl (C=O) groups excluding carboxylic acids is 1. The second kappa shape index (κ2) is 5.48. The van der Waals surface area contributed by atoms with Crippen LogP contribution in [0.3, 0.4) is 0 Å². The van der Waals surface area contributed by atoms with E-state index in [9.17, 15) is 4.79 Å². The first-order valence-electron chi connectivity index (χ1n) is 8.23. The summed E-state index contributed by atoms with van der Waals surface area (Å²) in [6.07, 6.45) is 8.78. The maximum absolute atomic E-state index is 12.8. The summed E-state index contributed by atoms with van der Waals surface area (Å²) in [5.41, 5.74) is 3.53. The number of fused-ring (bicyclic) bond motifs is 3. The van der Waals surface area contributed by atoms with Gasteiger partial charge in [0.05, 0.1) is 6.10 Å². The lowest BCUT2D eigenvalue weighted by Gasteiger charge is -2.23. The van der Waals surface area contributed by atoms with Crippen molar-refractivity contribution in [3.05, 3.63) is 23.3 Å². The van der Waals surface area contributed by atoms with E-state index in [4.69, 9.17) is 4.74 Å². The molecule has 0 bridgehead atoms. The first-order valence-corrected chi connectivity index (χ1v) is 8.23. The van der Waals surface area contributed by atoms with E-state index < -0.39 is 0 Å². The lowest BCUT2D eigenvalue weighted by atomic mass is 9.78. The molecule has 3 rings (SSSR count). The van der Waals surface area contributed by atoms with E-state index in [0.717, 1.165) is 36.8 Å². The van der Waals surface area contributed by atoms with Crippen molar-refractivity contribution in [1.29, 1.82) is 0 Å². The Morgan fingerprint density at radius 1 is 1.30 bits per heavy atom. The van der Waals surface area contributed by atoms with Crippen LogP contribution in [0.25, 0.3) is 0 Å². The third-order valence-electron chi connectivity index (χ3n) is 5.19. The van der Waals surface area contributed by atoms with Crippen LogP contribution in [0.15, 0.2) is 23.3 Å². The van der Waals surface area contributed by atoms with Crippen molar-refractivity contribution in [3.8, 4) is 0 Å². The molecular formula is C18H26O2. The average Bonchev–Trinajstić information content (AvgIpc) is 3.13. The van der Waals surface area contributed by atoms with Crippen molar-refractivity contribution in [1.82, 2.24) is 0 Å². The van der Waals surface area contributed by atoms with Crippen LogP contribution in [0.4, 0.5) is 0 Å². The van der Waals surface area contributed by atoms with Gasteiger partial charge in [-0.05, 0) is 49.7 Å². The Bertz CT molecular complexity index is 460. The number of hydrogen-bond acceptors (Lipinski definition) is 2. The highest BCUT2D eigenvalue weighted by Gasteiger charge is 2.55. The van der Waals surface area contributed by atoms with Gasteiger partial charge in [-0.15, -0.1) is 0 Å². The van der Waals surface area contributed by atoms with E-state index >= 15 is 0 Å². The van der Waals surface area contributed by atoms with Crippen LogP contribution in [0.1, 0.15) is 58.8 Å². The molecule has 0 radical (unpaired) electrons.